The maximum absolute atomic E-state index is 12.3. The van der Waals surface area contributed by atoms with Crippen LogP contribution >= 0.6 is 0 Å². The van der Waals surface area contributed by atoms with E-state index >= 15 is 0 Å². The summed E-state index contributed by atoms with van der Waals surface area (Å²) in [6, 6.07) is 2.36. The van der Waals surface area contributed by atoms with Gasteiger partial charge in [-0.15, -0.1) is 0 Å². The van der Waals surface area contributed by atoms with Gasteiger partial charge in [0, 0.05) is 13.1 Å². The quantitative estimate of drug-likeness (QED) is 0.846. The predicted molar refractivity (Wildman–Crippen MR) is 72.5 cm³/mol. The molecule has 3 unspecified atom stereocenters. The van der Waals surface area contributed by atoms with Crippen molar-refractivity contribution in [2.45, 2.75) is 19.9 Å². The number of hydrogen-bond acceptors (Lipinski definition) is 4. The highest BCUT2D eigenvalue weighted by Gasteiger charge is 2.38. The lowest BCUT2D eigenvalue weighted by atomic mass is 9.99. The zero-order chi connectivity index (χ0) is 15.6. The summed E-state index contributed by atoms with van der Waals surface area (Å²) in [7, 11) is 0. The number of hydrogen-bond donors (Lipinski definition) is 2. The van der Waals surface area contributed by atoms with Crippen LogP contribution in [0.25, 0.3) is 0 Å². The van der Waals surface area contributed by atoms with Gasteiger partial charge in [-0.25, -0.2) is 0 Å². The minimum Gasteiger partial charge on any atom is -0.481 e. The van der Waals surface area contributed by atoms with Gasteiger partial charge in [0.05, 0.1) is 12.2 Å². The molecule has 1 aromatic rings. The van der Waals surface area contributed by atoms with Crippen molar-refractivity contribution in [2.75, 3.05) is 13.1 Å². The van der Waals surface area contributed by atoms with Gasteiger partial charge in [-0.1, -0.05) is 6.92 Å². The van der Waals surface area contributed by atoms with E-state index < -0.39 is 23.8 Å². The topological polar surface area (TPSA) is 99.9 Å². The molecule has 21 heavy (non-hydrogen) atoms. The second kappa shape index (κ2) is 5.99. The maximum Gasteiger partial charge on any atom is 0.308 e. The van der Waals surface area contributed by atoms with E-state index in [9.17, 15) is 14.4 Å². The SMILES string of the molecule is CC(NC(=O)c1ccco1)C(=O)N1CC(C)C(C(=O)O)C1. The van der Waals surface area contributed by atoms with Crippen LogP contribution in [-0.4, -0.2) is 46.9 Å². The Kier molecular flexibility index (Phi) is 4.30. The van der Waals surface area contributed by atoms with E-state index in [1.807, 2.05) is 0 Å². The van der Waals surface area contributed by atoms with Crippen molar-refractivity contribution in [3.8, 4) is 0 Å². The van der Waals surface area contributed by atoms with Crippen molar-refractivity contribution in [3.05, 3.63) is 24.2 Å². The Morgan fingerprint density at radius 1 is 1.43 bits per heavy atom. The molecule has 1 aliphatic rings. The summed E-state index contributed by atoms with van der Waals surface area (Å²) in [5, 5.41) is 11.6. The van der Waals surface area contributed by atoms with Gasteiger partial charge in [0.25, 0.3) is 5.91 Å². The number of amides is 2. The monoisotopic (exact) mass is 294 g/mol. The third-order valence-electron chi connectivity index (χ3n) is 3.70. The number of nitrogens with zero attached hydrogens (tertiary/aromatic N) is 1. The summed E-state index contributed by atoms with van der Waals surface area (Å²) in [4.78, 5) is 36.6. The summed E-state index contributed by atoms with van der Waals surface area (Å²) in [5.74, 6) is -2.17. The molecule has 2 N–H and O–H groups in total. The summed E-state index contributed by atoms with van der Waals surface area (Å²) in [6.07, 6.45) is 1.38. The molecular weight excluding hydrogens is 276 g/mol. The Labute approximate surface area is 121 Å². The lowest BCUT2D eigenvalue weighted by Crippen LogP contribution is -2.46. The van der Waals surface area contributed by atoms with E-state index in [-0.39, 0.29) is 24.1 Å². The third kappa shape index (κ3) is 3.24. The Morgan fingerprint density at radius 3 is 2.67 bits per heavy atom. The molecule has 3 atom stereocenters. The summed E-state index contributed by atoms with van der Waals surface area (Å²) >= 11 is 0. The summed E-state index contributed by atoms with van der Waals surface area (Å²) in [6.45, 7) is 3.94. The van der Waals surface area contributed by atoms with Crippen molar-refractivity contribution in [3.63, 3.8) is 0 Å². The van der Waals surface area contributed by atoms with Gasteiger partial charge >= 0.3 is 5.97 Å². The van der Waals surface area contributed by atoms with Crippen LogP contribution in [0, 0.1) is 11.8 Å². The van der Waals surface area contributed by atoms with Crippen LogP contribution in [0.1, 0.15) is 24.4 Å². The van der Waals surface area contributed by atoms with Gasteiger partial charge in [0.15, 0.2) is 5.76 Å². The number of carbonyl (C=O) groups is 3. The Bertz CT molecular complexity index is 540. The van der Waals surface area contributed by atoms with E-state index in [0.29, 0.717) is 6.54 Å². The van der Waals surface area contributed by atoms with Crippen molar-refractivity contribution < 1.29 is 23.9 Å². The van der Waals surface area contributed by atoms with Gasteiger partial charge in [-0.2, -0.15) is 0 Å². The minimum atomic E-state index is -0.898. The van der Waals surface area contributed by atoms with E-state index in [1.165, 1.54) is 17.2 Å². The van der Waals surface area contributed by atoms with E-state index in [4.69, 9.17) is 9.52 Å². The molecule has 0 spiro atoms. The molecule has 0 radical (unpaired) electrons. The fourth-order valence-electron chi connectivity index (χ4n) is 2.48. The number of furan rings is 1. The van der Waals surface area contributed by atoms with E-state index in [0.717, 1.165) is 0 Å². The smallest absolute Gasteiger partial charge is 0.308 e. The zero-order valence-electron chi connectivity index (χ0n) is 11.9. The number of likely N-dealkylation sites (tertiary alicyclic amines) is 1. The van der Waals surface area contributed by atoms with Crippen molar-refractivity contribution in [2.24, 2.45) is 11.8 Å². The van der Waals surface area contributed by atoms with Crippen LogP contribution in [0.3, 0.4) is 0 Å². The number of carboxylic acids is 1. The number of nitrogens with one attached hydrogen (secondary N) is 1. The van der Waals surface area contributed by atoms with Gasteiger partial charge < -0.3 is 19.7 Å². The molecule has 114 valence electrons. The lowest BCUT2D eigenvalue weighted by Gasteiger charge is -2.21. The Hall–Kier alpha value is -2.31. The lowest BCUT2D eigenvalue weighted by molar-refractivity contribution is -0.142. The molecule has 0 aliphatic carbocycles. The first-order valence-corrected chi connectivity index (χ1v) is 6.76. The van der Waals surface area contributed by atoms with Gasteiger partial charge in [0.2, 0.25) is 5.91 Å². The number of carbonyl (C=O) groups excluding carboxylic acids is 2. The average Bonchev–Trinajstić information content (AvgIpc) is 3.06. The average molecular weight is 294 g/mol. The number of carboxylic acid groups (broad SMARTS) is 1. The number of aliphatic carboxylic acids is 1. The highest BCUT2D eigenvalue weighted by atomic mass is 16.4. The van der Waals surface area contributed by atoms with Gasteiger partial charge in [0.1, 0.15) is 6.04 Å². The highest BCUT2D eigenvalue weighted by molar-refractivity contribution is 5.95. The maximum atomic E-state index is 12.3. The molecule has 2 heterocycles. The second-order valence-electron chi connectivity index (χ2n) is 5.34. The summed E-state index contributed by atoms with van der Waals surface area (Å²) < 4.78 is 4.95. The zero-order valence-corrected chi connectivity index (χ0v) is 11.9. The molecule has 1 aromatic heterocycles. The summed E-state index contributed by atoms with van der Waals surface area (Å²) in [5.41, 5.74) is 0. The molecule has 2 amide bonds. The molecule has 7 heteroatoms. The predicted octanol–water partition coefficient (Wildman–Crippen LogP) is 0.577. The highest BCUT2D eigenvalue weighted by Crippen LogP contribution is 2.23. The van der Waals surface area contributed by atoms with Crippen molar-refractivity contribution in [1.29, 1.82) is 0 Å². The fraction of sp³-hybridized carbons (Fsp3) is 0.500. The third-order valence-corrected chi connectivity index (χ3v) is 3.70. The minimum absolute atomic E-state index is 0.0978. The van der Waals surface area contributed by atoms with Crippen molar-refractivity contribution in [1.82, 2.24) is 10.2 Å². The molecule has 1 fully saturated rings. The van der Waals surface area contributed by atoms with Crippen molar-refractivity contribution >= 4 is 17.8 Å². The molecule has 0 saturated carbocycles. The fourth-order valence-corrected chi connectivity index (χ4v) is 2.48. The van der Waals surface area contributed by atoms with Crippen LogP contribution in [0.2, 0.25) is 0 Å². The number of rotatable bonds is 4. The second-order valence-corrected chi connectivity index (χ2v) is 5.34. The molecule has 7 nitrogen and oxygen atoms in total. The van der Waals surface area contributed by atoms with Crippen LogP contribution in [0.5, 0.6) is 0 Å². The molecule has 1 saturated heterocycles. The molecule has 2 rings (SSSR count). The standard InChI is InChI=1S/C14H18N2O5/c1-8-6-16(7-10(8)14(19)20)13(18)9(2)15-12(17)11-4-3-5-21-11/h3-5,8-10H,6-7H2,1-2H3,(H,15,17)(H,19,20). The normalized spacial score (nSPS) is 22.9. The molecule has 0 bridgehead atoms. The molecule has 1 aliphatic heterocycles. The largest absolute Gasteiger partial charge is 0.481 e. The Morgan fingerprint density at radius 2 is 2.14 bits per heavy atom. The first-order valence-electron chi connectivity index (χ1n) is 6.76. The molecular formula is C14H18N2O5. The van der Waals surface area contributed by atoms with Crippen LogP contribution in [0.4, 0.5) is 0 Å². The van der Waals surface area contributed by atoms with E-state index in [1.54, 1.807) is 19.9 Å². The van der Waals surface area contributed by atoms with Crippen LogP contribution < -0.4 is 5.32 Å². The van der Waals surface area contributed by atoms with Gasteiger partial charge in [-0.05, 0) is 25.0 Å². The van der Waals surface area contributed by atoms with Crippen LogP contribution in [0.15, 0.2) is 22.8 Å². The first kappa shape index (κ1) is 15.1. The Balaban J connectivity index is 1.94. The van der Waals surface area contributed by atoms with E-state index in [2.05, 4.69) is 5.32 Å². The first-order chi connectivity index (χ1) is 9.90. The molecule has 0 aromatic carbocycles. The van der Waals surface area contributed by atoms with Crippen LogP contribution in [-0.2, 0) is 9.59 Å². The van der Waals surface area contributed by atoms with Gasteiger partial charge in [-0.3, -0.25) is 14.4 Å².